The molecule has 6 heteroatoms. The molecule has 1 aromatic carbocycles. The number of nitrogens with one attached hydrogen (secondary N) is 1. The maximum atomic E-state index is 11.3. The largest absolute Gasteiger partial charge is 0.493 e. The Hall–Kier alpha value is -1.98. The van der Waals surface area contributed by atoms with Gasteiger partial charge < -0.3 is 14.8 Å². The number of nitrogens with zero attached hydrogens (tertiary/aromatic N) is 1. The van der Waals surface area contributed by atoms with Crippen LogP contribution in [0.4, 0.5) is 11.4 Å². The Morgan fingerprint density at radius 2 is 1.90 bits per heavy atom. The summed E-state index contributed by atoms with van der Waals surface area (Å²) in [6, 6.07) is 3.43. The number of rotatable bonds is 5. The molecule has 21 heavy (non-hydrogen) atoms. The van der Waals surface area contributed by atoms with Crippen LogP contribution in [0.3, 0.4) is 0 Å². The molecule has 3 rings (SSSR count). The smallest absolute Gasteiger partial charge is 0.296 e. The van der Waals surface area contributed by atoms with E-state index in [4.69, 9.17) is 9.47 Å². The second kappa shape index (κ2) is 5.42. The molecule has 2 aliphatic rings. The highest BCUT2D eigenvalue weighted by Gasteiger charge is 2.40. The van der Waals surface area contributed by atoms with Crippen molar-refractivity contribution in [3.63, 3.8) is 0 Å². The van der Waals surface area contributed by atoms with Crippen molar-refractivity contribution in [3.05, 3.63) is 22.2 Å². The van der Waals surface area contributed by atoms with Gasteiger partial charge in [0.25, 0.3) is 5.69 Å². The molecular formula is C15H20N2O4. The highest BCUT2D eigenvalue weighted by atomic mass is 16.6. The molecule has 1 N–H and O–H groups in total. The summed E-state index contributed by atoms with van der Waals surface area (Å²) in [6.45, 7) is 0. The second-order valence-electron chi connectivity index (χ2n) is 5.91. The third-order valence-electron chi connectivity index (χ3n) is 4.78. The van der Waals surface area contributed by atoms with Crippen molar-refractivity contribution in [1.82, 2.24) is 0 Å². The summed E-state index contributed by atoms with van der Waals surface area (Å²) in [7, 11) is 3.01. The average molecular weight is 292 g/mol. The van der Waals surface area contributed by atoms with Crippen molar-refractivity contribution in [2.24, 2.45) is 11.8 Å². The second-order valence-corrected chi connectivity index (χ2v) is 5.91. The number of fused-ring (bicyclic) bond motifs is 2. The van der Waals surface area contributed by atoms with Crippen LogP contribution in [0.5, 0.6) is 11.5 Å². The van der Waals surface area contributed by atoms with E-state index in [1.165, 1.54) is 39.5 Å². The molecule has 0 heterocycles. The van der Waals surface area contributed by atoms with E-state index in [9.17, 15) is 10.1 Å². The zero-order chi connectivity index (χ0) is 15.0. The Bertz CT molecular complexity index is 561. The lowest BCUT2D eigenvalue weighted by atomic mass is 9.95. The number of nitro groups is 1. The molecule has 0 saturated heterocycles. The van der Waals surface area contributed by atoms with Crippen LogP contribution in [-0.4, -0.2) is 25.2 Å². The van der Waals surface area contributed by atoms with Gasteiger partial charge in [-0.25, -0.2) is 0 Å². The molecule has 1 aromatic rings. The minimum Gasteiger partial charge on any atom is -0.493 e. The average Bonchev–Trinajstić information content (AvgIpc) is 3.09. The first kappa shape index (κ1) is 14.0. The highest BCUT2D eigenvalue weighted by Crippen LogP contribution is 2.47. The van der Waals surface area contributed by atoms with Gasteiger partial charge in [-0.3, -0.25) is 10.1 Å². The topological polar surface area (TPSA) is 73.6 Å². The number of hydrogen-bond acceptors (Lipinski definition) is 5. The van der Waals surface area contributed by atoms with Crippen LogP contribution in [0, 0.1) is 22.0 Å². The van der Waals surface area contributed by atoms with Crippen LogP contribution in [0.15, 0.2) is 12.1 Å². The quantitative estimate of drug-likeness (QED) is 0.666. The number of anilines is 1. The molecule has 2 aliphatic carbocycles. The number of methoxy groups -OCH3 is 2. The van der Waals surface area contributed by atoms with E-state index >= 15 is 0 Å². The van der Waals surface area contributed by atoms with E-state index in [0.29, 0.717) is 29.1 Å². The number of benzene rings is 1. The van der Waals surface area contributed by atoms with Gasteiger partial charge in [-0.15, -0.1) is 0 Å². The first-order valence-corrected chi connectivity index (χ1v) is 7.29. The molecule has 0 aromatic heterocycles. The number of hydrogen-bond donors (Lipinski definition) is 1. The summed E-state index contributed by atoms with van der Waals surface area (Å²) < 4.78 is 10.4. The first-order chi connectivity index (χ1) is 10.1. The summed E-state index contributed by atoms with van der Waals surface area (Å²) in [5.41, 5.74) is 0.561. The maximum absolute atomic E-state index is 11.3. The molecule has 6 nitrogen and oxygen atoms in total. The van der Waals surface area contributed by atoms with Crippen molar-refractivity contribution >= 4 is 11.4 Å². The van der Waals surface area contributed by atoms with E-state index in [1.54, 1.807) is 6.07 Å². The van der Waals surface area contributed by atoms with Crippen molar-refractivity contribution in [3.8, 4) is 11.5 Å². The van der Waals surface area contributed by atoms with Gasteiger partial charge >= 0.3 is 0 Å². The molecule has 2 saturated carbocycles. The Labute approximate surface area is 123 Å². The van der Waals surface area contributed by atoms with Crippen LogP contribution in [-0.2, 0) is 0 Å². The third kappa shape index (κ3) is 2.50. The summed E-state index contributed by atoms with van der Waals surface area (Å²) in [4.78, 5) is 10.9. The maximum Gasteiger partial charge on any atom is 0.296 e. The monoisotopic (exact) mass is 292 g/mol. The SMILES string of the molecule is COc1cc(NC2CC3CCC2C3)c([N+](=O)[O-])cc1OC. The molecule has 114 valence electrons. The molecule has 3 unspecified atom stereocenters. The van der Waals surface area contributed by atoms with Gasteiger partial charge in [0.05, 0.1) is 25.2 Å². The summed E-state index contributed by atoms with van der Waals surface area (Å²) in [5.74, 6) is 2.31. The highest BCUT2D eigenvalue weighted by molar-refractivity contribution is 5.69. The Balaban J connectivity index is 1.90. The van der Waals surface area contributed by atoms with Gasteiger partial charge in [-0.2, -0.15) is 0 Å². The predicted molar refractivity (Wildman–Crippen MR) is 79.1 cm³/mol. The molecule has 2 fully saturated rings. The molecule has 3 atom stereocenters. The lowest BCUT2D eigenvalue weighted by molar-refractivity contribution is -0.384. The van der Waals surface area contributed by atoms with Crippen molar-refractivity contribution in [2.75, 3.05) is 19.5 Å². The Morgan fingerprint density at radius 1 is 1.19 bits per heavy atom. The minimum absolute atomic E-state index is 0.0374. The first-order valence-electron chi connectivity index (χ1n) is 7.29. The van der Waals surface area contributed by atoms with Crippen LogP contribution >= 0.6 is 0 Å². The molecule has 0 radical (unpaired) electrons. The van der Waals surface area contributed by atoms with E-state index < -0.39 is 0 Å². The lowest BCUT2D eigenvalue weighted by Gasteiger charge is -2.24. The molecular weight excluding hydrogens is 272 g/mol. The van der Waals surface area contributed by atoms with Crippen molar-refractivity contribution < 1.29 is 14.4 Å². The normalized spacial score (nSPS) is 26.7. The Kier molecular flexibility index (Phi) is 3.61. The summed E-state index contributed by atoms with van der Waals surface area (Å²) >= 11 is 0. The molecule has 0 spiro atoms. The molecule has 2 bridgehead atoms. The van der Waals surface area contributed by atoms with Crippen molar-refractivity contribution in [1.29, 1.82) is 0 Å². The Morgan fingerprint density at radius 3 is 2.43 bits per heavy atom. The van der Waals surface area contributed by atoms with Crippen LogP contribution in [0.2, 0.25) is 0 Å². The van der Waals surface area contributed by atoms with Crippen molar-refractivity contribution in [2.45, 2.75) is 31.7 Å². The van der Waals surface area contributed by atoms with Gasteiger partial charge in [0.1, 0.15) is 5.69 Å². The number of nitro benzene ring substituents is 1. The molecule has 0 amide bonds. The zero-order valence-electron chi connectivity index (χ0n) is 12.3. The number of ether oxygens (including phenoxy) is 2. The summed E-state index contributed by atoms with van der Waals surface area (Å²) in [6.07, 6.45) is 4.88. The summed E-state index contributed by atoms with van der Waals surface area (Å²) in [5, 5.41) is 14.7. The van der Waals surface area contributed by atoms with Crippen LogP contribution in [0.1, 0.15) is 25.7 Å². The van der Waals surface area contributed by atoms with Crippen LogP contribution < -0.4 is 14.8 Å². The fourth-order valence-electron chi connectivity index (χ4n) is 3.76. The fourth-order valence-corrected chi connectivity index (χ4v) is 3.76. The van der Waals surface area contributed by atoms with E-state index in [0.717, 1.165) is 12.3 Å². The van der Waals surface area contributed by atoms with Gasteiger partial charge in [0, 0.05) is 12.1 Å². The van der Waals surface area contributed by atoms with E-state index in [1.807, 2.05) is 0 Å². The third-order valence-corrected chi connectivity index (χ3v) is 4.78. The van der Waals surface area contributed by atoms with Gasteiger partial charge in [0.15, 0.2) is 11.5 Å². The predicted octanol–water partition coefficient (Wildman–Crippen LogP) is 3.21. The van der Waals surface area contributed by atoms with E-state index in [2.05, 4.69) is 5.32 Å². The fraction of sp³-hybridized carbons (Fsp3) is 0.600. The van der Waals surface area contributed by atoms with Crippen LogP contribution in [0.25, 0.3) is 0 Å². The van der Waals surface area contributed by atoms with E-state index in [-0.39, 0.29) is 10.6 Å². The standard InChI is InChI=1S/C15H20N2O4/c1-20-14-7-12(13(17(18)19)8-15(14)21-2)16-11-6-9-3-4-10(11)5-9/h7-11,16H,3-6H2,1-2H3. The zero-order valence-corrected chi connectivity index (χ0v) is 12.3. The van der Waals surface area contributed by atoms with Gasteiger partial charge in [0.2, 0.25) is 0 Å². The van der Waals surface area contributed by atoms with Gasteiger partial charge in [-0.1, -0.05) is 6.42 Å². The minimum atomic E-state index is -0.377. The molecule has 0 aliphatic heterocycles. The van der Waals surface area contributed by atoms with Gasteiger partial charge in [-0.05, 0) is 31.1 Å². The lowest BCUT2D eigenvalue weighted by Crippen LogP contribution is -2.26.